The number of nitrogens with zero attached hydrogens (tertiary/aromatic N) is 1. The van der Waals surface area contributed by atoms with Crippen molar-refractivity contribution in [3.8, 4) is 11.3 Å². The number of amides is 1. The Labute approximate surface area is 162 Å². The topological polar surface area (TPSA) is 62.8 Å². The highest BCUT2D eigenvalue weighted by Gasteiger charge is 2.26. The molecule has 0 saturated heterocycles. The van der Waals surface area contributed by atoms with Crippen LogP contribution in [0.3, 0.4) is 0 Å². The van der Waals surface area contributed by atoms with E-state index in [0.717, 1.165) is 29.9 Å². The van der Waals surface area contributed by atoms with Crippen molar-refractivity contribution in [2.24, 2.45) is 5.73 Å². The van der Waals surface area contributed by atoms with Crippen molar-refractivity contribution in [2.75, 3.05) is 0 Å². The molecule has 28 heavy (non-hydrogen) atoms. The largest absolute Gasteiger partial charge is 0.365 e. The second-order valence-electron chi connectivity index (χ2n) is 7.11. The van der Waals surface area contributed by atoms with Crippen molar-refractivity contribution in [3.63, 3.8) is 0 Å². The Morgan fingerprint density at radius 3 is 2.61 bits per heavy atom. The molecule has 0 atom stereocenters. The van der Waals surface area contributed by atoms with E-state index in [1.807, 2.05) is 18.3 Å². The lowest BCUT2D eigenvalue weighted by molar-refractivity contribution is -0.689. The summed E-state index contributed by atoms with van der Waals surface area (Å²) in [6, 6.07) is 22.6. The third-order valence-electron chi connectivity index (χ3n) is 5.39. The molecule has 3 N–H and O–H groups in total. The molecule has 0 spiro atoms. The van der Waals surface area contributed by atoms with Crippen LogP contribution in [0.15, 0.2) is 72.9 Å². The second-order valence-corrected chi connectivity index (χ2v) is 7.11. The number of aromatic nitrogens is 2. The van der Waals surface area contributed by atoms with Crippen LogP contribution in [0.2, 0.25) is 0 Å². The summed E-state index contributed by atoms with van der Waals surface area (Å²) in [5.41, 5.74) is 13.0. The summed E-state index contributed by atoms with van der Waals surface area (Å²) < 4.78 is 2.11. The van der Waals surface area contributed by atoms with Gasteiger partial charge in [0.25, 0.3) is 5.91 Å². The van der Waals surface area contributed by atoms with Crippen LogP contribution in [0.5, 0.6) is 0 Å². The zero-order chi connectivity index (χ0) is 19.1. The van der Waals surface area contributed by atoms with E-state index >= 15 is 0 Å². The van der Waals surface area contributed by atoms with Crippen LogP contribution < -0.4 is 10.3 Å². The average Bonchev–Trinajstić information content (AvgIpc) is 3.30. The molecule has 136 valence electrons. The van der Waals surface area contributed by atoms with E-state index in [0.29, 0.717) is 5.56 Å². The number of hydrogen-bond acceptors (Lipinski definition) is 1. The SMILES string of the molecule is NC(=O)c1ccc2[n+](c1)CC/C2=C\c1c(-c2ccccc2)[nH]c2ccccc12. The first-order valence-electron chi connectivity index (χ1n) is 9.41. The molecule has 0 unspecified atom stereocenters. The van der Waals surface area contributed by atoms with Crippen LogP contribution in [0.1, 0.15) is 28.0 Å². The molecule has 1 aliphatic rings. The molecule has 3 heterocycles. The van der Waals surface area contributed by atoms with Gasteiger partial charge in [-0.05, 0) is 23.8 Å². The molecule has 5 rings (SSSR count). The first-order chi connectivity index (χ1) is 13.7. The zero-order valence-electron chi connectivity index (χ0n) is 15.4. The predicted octanol–water partition coefficient (Wildman–Crippen LogP) is 4.17. The van der Waals surface area contributed by atoms with Crippen molar-refractivity contribution in [1.29, 1.82) is 0 Å². The van der Waals surface area contributed by atoms with Gasteiger partial charge in [0.15, 0.2) is 12.7 Å². The molecule has 4 nitrogen and oxygen atoms in total. The molecule has 0 aliphatic carbocycles. The number of nitrogens with one attached hydrogen (secondary N) is 1. The summed E-state index contributed by atoms with van der Waals surface area (Å²) in [6.07, 6.45) is 5.06. The number of allylic oxidation sites excluding steroid dienone is 1. The maximum absolute atomic E-state index is 11.5. The number of primary amides is 1. The highest BCUT2D eigenvalue weighted by atomic mass is 16.1. The molecule has 0 radical (unpaired) electrons. The lowest BCUT2D eigenvalue weighted by Crippen LogP contribution is -2.34. The average molecular weight is 366 g/mol. The van der Waals surface area contributed by atoms with Crippen LogP contribution >= 0.6 is 0 Å². The van der Waals surface area contributed by atoms with Gasteiger partial charge in [0.1, 0.15) is 5.56 Å². The van der Waals surface area contributed by atoms with Gasteiger partial charge < -0.3 is 10.7 Å². The van der Waals surface area contributed by atoms with E-state index in [9.17, 15) is 4.79 Å². The molecular formula is C24H20N3O+. The minimum absolute atomic E-state index is 0.393. The molecule has 4 heteroatoms. The molecule has 4 aromatic rings. The maximum Gasteiger partial charge on any atom is 0.254 e. The van der Waals surface area contributed by atoms with Gasteiger partial charge in [0.05, 0.1) is 5.69 Å². The van der Waals surface area contributed by atoms with Crippen molar-refractivity contribution in [1.82, 2.24) is 4.98 Å². The summed E-state index contributed by atoms with van der Waals surface area (Å²) in [7, 11) is 0. The monoisotopic (exact) mass is 366 g/mol. The van der Waals surface area contributed by atoms with Crippen LogP contribution in [-0.2, 0) is 6.54 Å². The number of rotatable bonds is 3. The fourth-order valence-corrected chi connectivity index (χ4v) is 4.00. The van der Waals surface area contributed by atoms with Gasteiger partial charge in [-0.15, -0.1) is 0 Å². The van der Waals surface area contributed by atoms with Gasteiger partial charge in [-0.3, -0.25) is 4.79 Å². The third-order valence-corrected chi connectivity index (χ3v) is 5.39. The van der Waals surface area contributed by atoms with Crippen LogP contribution in [0, 0.1) is 0 Å². The van der Waals surface area contributed by atoms with E-state index in [1.165, 1.54) is 22.1 Å². The molecule has 1 amide bonds. The van der Waals surface area contributed by atoms with E-state index in [2.05, 4.69) is 64.2 Å². The zero-order valence-corrected chi connectivity index (χ0v) is 15.4. The van der Waals surface area contributed by atoms with E-state index in [1.54, 1.807) is 6.07 Å². The molecule has 0 saturated carbocycles. The lowest BCUT2D eigenvalue weighted by atomic mass is 10.0. The summed E-state index contributed by atoms with van der Waals surface area (Å²) in [4.78, 5) is 15.1. The Morgan fingerprint density at radius 2 is 1.79 bits per heavy atom. The van der Waals surface area contributed by atoms with Gasteiger partial charge in [-0.2, -0.15) is 4.57 Å². The number of carbonyl (C=O) groups is 1. The molecule has 2 aromatic carbocycles. The van der Waals surface area contributed by atoms with Gasteiger partial charge in [0.2, 0.25) is 5.69 Å². The summed E-state index contributed by atoms with van der Waals surface area (Å²) in [5, 5.41) is 1.21. The number of pyridine rings is 1. The minimum Gasteiger partial charge on any atom is -0.365 e. The minimum atomic E-state index is -0.393. The number of para-hydroxylation sites is 1. The number of fused-ring (bicyclic) bond motifs is 2. The molecule has 2 aromatic heterocycles. The van der Waals surface area contributed by atoms with E-state index in [4.69, 9.17) is 5.73 Å². The first kappa shape index (κ1) is 16.5. The van der Waals surface area contributed by atoms with Gasteiger partial charge in [-0.25, -0.2) is 0 Å². The Hall–Kier alpha value is -3.66. The molecular weight excluding hydrogens is 346 g/mol. The normalized spacial score (nSPS) is 14.5. The Morgan fingerprint density at radius 1 is 1.00 bits per heavy atom. The fourth-order valence-electron chi connectivity index (χ4n) is 4.00. The smallest absolute Gasteiger partial charge is 0.254 e. The summed E-state index contributed by atoms with van der Waals surface area (Å²) in [6.45, 7) is 0.852. The maximum atomic E-state index is 11.5. The lowest BCUT2D eigenvalue weighted by Gasteiger charge is -2.02. The van der Waals surface area contributed by atoms with Crippen LogP contribution in [0.4, 0.5) is 0 Å². The molecule has 1 aliphatic heterocycles. The number of hydrogen-bond donors (Lipinski definition) is 2. The van der Waals surface area contributed by atoms with Gasteiger partial charge in [0, 0.05) is 34.5 Å². The Kier molecular flexibility index (Phi) is 3.83. The highest BCUT2D eigenvalue weighted by molar-refractivity contribution is 6.00. The van der Waals surface area contributed by atoms with Crippen molar-refractivity contribution in [3.05, 3.63) is 89.7 Å². The van der Waals surface area contributed by atoms with Crippen molar-refractivity contribution < 1.29 is 9.36 Å². The van der Waals surface area contributed by atoms with E-state index < -0.39 is 5.91 Å². The first-order valence-corrected chi connectivity index (χ1v) is 9.41. The quantitative estimate of drug-likeness (QED) is 0.525. The third kappa shape index (κ3) is 2.70. The summed E-state index contributed by atoms with van der Waals surface area (Å²) >= 11 is 0. The van der Waals surface area contributed by atoms with Crippen LogP contribution in [0.25, 0.3) is 33.8 Å². The summed E-state index contributed by atoms with van der Waals surface area (Å²) in [5.74, 6) is -0.393. The number of aryl methyl sites for hydroxylation is 1. The predicted molar refractivity (Wildman–Crippen MR) is 111 cm³/mol. The number of aromatic amines is 1. The standard InChI is InChI=1S/C24H19N3O/c25-24(28)18-10-11-22-17(12-13-27(22)15-18)14-20-19-8-4-5-9-21(19)26-23(20)16-6-2-1-3-7-16/h1-11,14-15H,12-13H2,(H2,25,28)/p+1. The number of nitrogens with two attached hydrogens (primary N) is 1. The Bertz CT molecular complexity index is 1240. The van der Waals surface area contributed by atoms with Crippen LogP contribution in [-0.4, -0.2) is 10.9 Å². The van der Waals surface area contributed by atoms with Gasteiger partial charge in [-0.1, -0.05) is 48.5 Å². The van der Waals surface area contributed by atoms with Gasteiger partial charge >= 0.3 is 0 Å². The fraction of sp³-hybridized carbons (Fsp3) is 0.0833. The number of benzene rings is 2. The highest BCUT2D eigenvalue weighted by Crippen LogP contribution is 2.34. The number of carbonyl (C=O) groups excluding carboxylic acids is 1. The molecule has 0 fully saturated rings. The van der Waals surface area contributed by atoms with Crippen molar-refractivity contribution >= 4 is 28.5 Å². The number of H-pyrrole nitrogens is 1. The van der Waals surface area contributed by atoms with Crippen molar-refractivity contribution in [2.45, 2.75) is 13.0 Å². The second kappa shape index (κ2) is 6.50. The molecule has 0 bridgehead atoms. The Balaban J connectivity index is 1.68. The van der Waals surface area contributed by atoms with E-state index in [-0.39, 0.29) is 0 Å².